The number of hydrogen-bond donors (Lipinski definition) is 1. The van der Waals surface area contributed by atoms with Gasteiger partial charge in [-0.25, -0.2) is 0 Å². The topological polar surface area (TPSA) is 20.2 Å². The first-order valence-electron chi connectivity index (χ1n) is 9.89. The number of aliphatic hydroxyl groups is 1. The maximum atomic E-state index is 11.1. The maximum absolute atomic E-state index is 11.1. The minimum Gasteiger partial charge on any atom is -0.389 e. The predicted octanol–water partition coefficient (Wildman–Crippen LogP) is 5.91. The van der Waals surface area contributed by atoms with Gasteiger partial charge in [0.2, 0.25) is 0 Å². The Labute approximate surface area is 143 Å². The Morgan fingerprint density at radius 3 is 2.35 bits per heavy atom. The molecule has 0 saturated heterocycles. The summed E-state index contributed by atoms with van der Waals surface area (Å²) in [4.78, 5) is 0. The van der Waals surface area contributed by atoms with Gasteiger partial charge in [-0.05, 0) is 61.7 Å². The highest BCUT2D eigenvalue weighted by atomic mass is 16.3. The van der Waals surface area contributed by atoms with Crippen LogP contribution >= 0.6 is 0 Å². The van der Waals surface area contributed by atoms with Crippen LogP contribution in [0.3, 0.4) is 0 Å². The van der Waals surface area contributed by atoms with Crippen molar-refractivity contribution in [2.75, 3.05) is 0 Å². The average Bonchev–Trinajstić information content (AvgIpc) is 2.60. The zero-order valence-electron chi connectivity index (χ0n) is 15.5. The van der Waals surface area contributed by atoms with Crippen molar-refractivity contribution in [3.05, 3.63) is 36.0 Å². The van der Waals surface area contributed by atoms with E-state index in [1.165, 1.54) is 18.4 Å². The van der Waals surface area contributed by atoms with Crippen LogP contribution in [-0.4, -0.2) is 11.2 Å². The molecular formula is C22H36O. The Kier molecular flexibility index (Phi) is 7.14. The van der Waals surface area contributed by atoms with E-state index in [-0.39, 0.29) is 6.10 Å². The molecule has 2 aliphatic carbocycles. The summed E-state index contributed by atoms with van der Waals surface area (Å²) in [5.74, 6) is 2.70. The van der Waals surface area contributed by atoms with Gasteiger partial charge in [-0.15, -0.1) is 0 Å². The summed E-state index contributed by atoms with van der Waals surface area (Å²) in [6, 6.07) is 0. The number of rotatable bonds is 6. The molecular weight excluding hydrogens is 280 g/mol. The molecule has 6 unspecified atom stereocenters. The van der Waals surface area contributed by atoms with Gasteiger partial charge in [-0.2, -0.15) is 0 Å². The van der Waals surface area contributed by atoms with Gasteiger partial charge in [0, 0.05) is 0 Å². The van der Waals surface area contributed by atoms with Gasteiger partial charge in [0.1, 0.15) is 0 Å². The van der Waals surface area contributed by atoms with E-state index >= 15 is 0 Å². The molecule has 130 valence electrons. The molecule has 2 aliphatic rings. The van der Waals surface area contributed by atoms with Crippen LogP contribution in [0.15, 0.2) is 36.0 Å². The van der Waals surface area contributed by atoms with E-state index in [1.54, 1.807) is 0 Å². The van der Waals surface area contributed by atoms with Gasteiger partial charge in [0.05, 0.1) is 6.10 Å². The lowest BCUT2D eigenvalue weighted by atomic mass is 9.69. The van der Waals surface area contributed by atoms with Crippen LogP contribution in [0.25, 0.3) is 0 Å². The fourth-order valence-corrected chi connectivity index (χ4v) is 4.74. The van der Waals surface area contributed by atoms with Crippen LogP contribution < -0.4 is 0 Å². The monoisotopic (exact) mass is 316 g/mol. The second-order valence-corrected chi connectivity index (χ2v) is 7.42. The summed E-state index contributed by atoms with van der Waals surface area (Å²) in [6.07, 6.45) is 18.3. The van der Waals surface area contributed by atoms with E-state index in [9.17, 15) is 5.11 Å². The summed E-state index contributed by atoms with van der Waals surface area (Å²) < 4.78 is 0. The van der Waals surface area contributed by atoms with E-state index < -0.39 is 0 Å². The quantitative estimate of drug-likeness (QED) is 0.603. The lowest BCUT2D eigenvalue weighted by Gasteiger charge is -2.38. The number of hydrogen-bond acceptors (Lipinski definition) is 1. The zero-order valence-corrected chi connectivity index (χ0v) is 15.5. The van der Waals surface area contributed by atoms with Crippen molar-refractivity contribution in [1.29, 1.82) is 0 Å². The van der Waals surface area contributed by atoms with Gasteiger partial charge >= 0.3 is 0 Å². The summed E-state index contributed by atoms with van der Waals surface area (Å²) in [5.41, 5.74) is 1.50. The fourth-order valence-electron chi connectivity index (χ4n) is 4.74. The van der Waals surface area contributed by atoms with Crippen LogP contribution in [0, 0.1) is 29.6 Å². The molecule has 0 saturated carbocycles. The first-order chi connectivity index (χ1) is 11.2. The standard InChI is InChI=1S/C22H36O/c1-5-16-11-9-12-17(6-2)20(16)15-21(23)22-18(7-3)13-10-14-19(22)8-4/h9-11,13,15-19,21-23H,5-8,12,14H2,1-4H3/b20-15+. The summed E-state index contributed by atoms with van der Waals surface area (Å²) in [6.45, 7) is 9.08. The van der Waals surface area contributed by atoms with Crippen LogP contribution in [-0.2, 0) is 0 Å². The second kappa shape index (κ2) is 8.87. The molecule has 2 rings (SSSR count). The SMILES string of the molecule is CCC1C=CCC(CC)/C1=C/C(O)C1C(CC)C=CCC1CC. The van der Waals surface area contributed by atoms with Crippen molar-refractivity contribution in [2.45, 2.75) is 72.3 Å². The van der Waals surface area contributed by atoms with Gasteiger partial charge in [-0.3, -0.25) is 0 Å². The Morgan fingerprint density at radius 1 is 1.00 bits per heavy atom. The highest BCUT2D eigenvalue weighted by Crippen LogP contribution is 2.40. The van der Waals surface area contributed by atoms with Crippen LogP contribution in [0.2, 0.25) is 0 Å². The smallest absolute Gasteiger partial charge is 0.0760 e. The van der Waals surface area contributed by atoms with Crippen molar-refractivity contribution in [3.8, 4) is 0 Å². The molecule has 0 spiro atoms. The number of allylic oxidation sites excluding steroid dienone is 5. The summed E-state index contributed by atoms with van der Waals surface area (Å²) in [5, 5.41) is 11.1. The molecule has 0 aromatic rings. The zero-order chi connectivity index (χ0) is 16.8. The molecule has 1 heteroatoms. The molecule has 0 aromatic heterocycles. The molecule has 23 heavy (non-hydrogen) atoms. The summed E-state index contributed by atoms with van der Waals surface area (Å²) >= 11 is 0. The molecule has 1 nitrogen and oxygen atoms in total. The predicted molar refractivity (Wildman–Crippen MR) is 100 cm³/mol. The lowest BCUT2D eigenvalue weighted by molar-refractivity contribution is 0.0717. The molecule has 0 radical (unpaired) electrons. The normalized spacial score (nSPS) is 37.3. The third-order valence-electron chi connectivity index (χ3n) is 6.24. The molecule has 0 heterocycles. The number of aliphatic hydroxyl groups excluding tert-OH is 1. The van der Waals surface area contributed by atoms with Crippen molar-refractivity contribution < 1.29 is 5.11 Å². The van der Waals surface area contributed by atoms with Crippen LogP contribution in [0.5, 0.6) is 0 Å². The van der Waals surface area contributed by atoms with Gasteiger partial charge < -0.3 is 5.11 Å². The minimum atomic E-state index is -0.292. The molecule has 6 atom stereocenters. The third-order valence-corrected chi connectivity index (χ3v) is 6.24. The first kappa shape index (κ1) is 18.5. The van der Waals surface area contributed by atoms with Crippen molar-refractivity contribution >= 4 is 0 Å². The molecule has 0 aliphatic heterocycles. The molecule has 0 bridgehead atoms. The molecule has 1 N–H and O–H groups in total. The lowest BCUT2D eigenvalue weighted by Crippen LogP contribution is -2.35. The van der Waals surface area contributed by atoms with E-state index in [0.717, 1.165) is 25.7 Å². The van der Waals surface area contributed by atoms with Crippen molar-refractivity contribution in [2.24, 2.45) is 29.6 Å². The van der Waals surface area contributed by atoms with Gasteiger partial charge in [-0.1, -0.05) is 70.1 Å². The van der Waals surface area contributed by atoms with Gasteiger partial charge in [0.15, 0.2) is 0 Å². The third kappa shape index (κ3) is 4.18. The Bertz CT molecular complexity index is 445. The Morgan fingerprint density at radius 2 is 1.74 bits per heavy atom. The highest BCUT2D eigenvalue weighted by molar-refractivity contribution is 5.24. The average molecular weight is 317 g/mol. The molecule has 0 amide bonds. The second-order valence-electron chi connectivity index (χ2n) is 7.42. The van der Waals surface area contributed by atoms with E-state index in [2.05, 4.69) is 58.1 Å². The van der Waals surface area contributed by atoms with E-state index in [0.29, 0.717) is 29.6 Å². The largest absolute Gasteiger partial charge is 0.389 e. The first-order valence-corrected chi connectivity index (χ1v) is 9.89. The van der Waals surface area contributed by atoms with Crippen molar-refractivity contribution in [3.63, 3.8) is 0 Å². The Balaban J connectivity index is 2.27. The molecule has 0 aromatic carbocycles. The van der Waals surface area contributed by atoms with Crippen LogP contribution in [0.1, 0.15) is 66.2 Å². The van der Waals surface area contributed by atoms with E-state index in [4.69, 9.17) is 0 Å². The van der Waals surface area contributed by atoms with Crippen molar-refractivity contribution in [1.82, 2.24) is 0 Å². The minimum absolute atomic E-state index is 0.292. The Hall–Kier alpha value is -0.820. The maximum Gasteiger partial charge on any atom is 0.0760 e. The van der Waals surface area contributed by atoms with Gasteiger partial charge in [0.25, 0.3) is 0 Å². The van der Waals surface area contributed by atoms with Crippen LogP contribution in [0.4, 0.5) is 0 Å². The highest BCUT2D eigenvalue weighted by Gasteiger charge is 2.34. The molecule has 0 fully saturated rings. The van der Waals surface area contributed by atoms with E-state index in [1.807, 2.05) is 0 Å². The summed E-state index contributed by atoms with van der Waals surface area (Å²) in [7, 11) is 0. The fraction of sp³-hybridized carbons (Fsp3) is 0.727.